The maximum Gasteiger partial charge on any atom is 0.352 e. The van der Waals surface area contributed by atoms with Crippen LogP contribution in [0.25, 0.3) is 0 Å². The lowest BCUT2D eigenvalue weighted by atomic mass is 10.2. The Labute approximate surface area is 84.2 Å². The van der Waals surface area contributed by atoms with Gasteiger partial charge in [-0.2, -0.15) is 8.78 Å². The Bertz CT molecular complexity index is 256. The van der Waals surface area contributed by atoms with Crippen LogP contribution >= 0.6 is 34.8 Å². The number of hydrogen-bond donors (Lipinski definition) is 0. The first-order valence-corrected chi connectivity index (χ1v) is 3.90. The molecule has 0 saturated heterocycles. The lowest BCUT2D eigenvalue weighted by molar-refractivity contribution is -0.0660. The second-order valence-corrected chi connectivity index (χ2v) is 4.20. The molecule has 0 bridgehead atoms. The van der Waals surface area contributed by atoms with Crippen LogP contribution in [0.4, 0.5) is 22.0 Å². The van der Waals surface area contributed by atoms with E-state index in [2.05, 4.69) is 11.6 Å². The van der Waals surface area contributed by atoms with Gasteiger partial charge in [0.1, 0.15) is 0 Å². The van der Waals surface area contributed by atoms with Gasteiger partial charge in [-0.3, -0.25) is 0 Å². The lowest BCUT2D eigenvalue weighted by Crippen LogP contribution is -2.46. The van der Waals surface area contributed by atoms with E-state index in [0.717, 1.165) is 0 Å². The van der Waals surface area contributed by atoms with Crippen molar-refractivity contribution in [3.8, 4) is 0 Å². The smallest absolute Gasteiger partial charge is 0.215 e. The zero-order valence-corrected chi connectivity index (χ0v) is 7.79. The third-order valence-corrected chi connectivity index (χ3v) is 3.10. The summed E-state index contributed by atoms with van der Waals surface area (Å²) < 4.78 is 59.4. The van der Waals surface area contributed by atoms with E-state index in [0.29, 0.717) is 0 Å². The summed E-state index contributed by atoms with van der Waals surface area (Å²) in [6, 6.07) is 0. The molecule has 1 aliphatic carbocycles. The van der Waals surface area contributed by atoms with Gasteiger partial charge in [0.25, 0.3) is 5.13 Å². The highest BCUT2D eigenvalue weighted by molar-refractivity contribution is 6.55. The SMILES string of the molecule is FC1=C(F)C(Cl)(Cl)C(F)(Cl)C1(F)F. The van der Waals surface area contributed by atoms with E-state index in [-0.39, 0.29) is 0 Å². The van der Waals surface area contributed by atoms with Gasteiger partial charge in [0.05, 0.1) is 0 Å². The van der Waals surface area contributed by atoms with Crippen molar-refractivity contribution in [2.24, 2.45) is 0 Å². The summed E-state index contributed by atoms with van der Waals surface area (Å²) in [4.78, 5) is 0. The summed E-state index contributed by atoms with van der Waals surface area (Å²) in [6.07, 6.45) is 0. The maximum absolute atomic E-state index is 12.9. The zero-order chi connectivity index (χ0) is 10.7. The maximum atomic E-state index is 12.9. The number of allylic oxidation sites excluding steroid dienone is 2. The van der Waals surface area contributed by atoms with Crippen molar-refractivity contribution in [2.45, 2.75) is 15.4 Å². The third kappa shape index (κ3) is 1.10. The van der Waals surface area contributed by atoms with E-state index in [4.69, 9.17) is 23.2 Å². The van der Waals surface area contributed by atoms with Gasteiger partial charge in [-0.25, -0.2) is 13.2 Å². The van der Waals surface area contributed by atoms with E-state index >= 15 is 0 Å². The van der Waals surface area contributed by atoms with Crippen LogP contribution in [0.3, 0.4) is 0 Å². The fourth-order valence-corrected chi connectivity index (χ4v) is 1.32. The van der Waals surface area contributed by atoms with Crippen molar-refractivity contribution in [3.05, 3.63) is 11.7 Å². The summed E-state index contributed by atoms with van der Waals surface area (Å²) in [5.41, 5.74) is 0. The van der Waals surface area contributed by atoms with Gasteiger partial charge in [-0.1, -0.05) is 34.8 Å². The largest absolute Gasteiger partial charge is 0.352 e. The monoisotopic (exact) mass is 260 g/mol. The third-order valence-electron chi connectivity index (χ3n) is 1.53. The Morgan fingerprint density at radius 1 is 0.846 bits per heavy atom. The molecule has 0 nitrogen and oxygen atoms in total. The summed E-state index contributed by atoms with van der Waals surface area (Å²) >= 11 is 14.1. The zero-order valence-electron chi connectivity index (χ0n) is 5.52. The minimum absolute atomic E-state index is 2.31. The van der Waals surface area contributed by atoms with Crippen LogP contribution in [0.5, 0.6) is 0 Å². The van der Waals surface area contributed by atoms with Gasteiger partial charge in [-0.15, -0.1) is 0 Å². The average molecular weight is 261 g/mol. The van der Waals surface area contributed by atoms with Crippen molar-refractivity contribution in [1.82, 2.24) is 0 Å². The van der Waals surface area contributed by atoms with Gasteiger partial charge in [0.15, 0.2) is 5.83 Å². The Balaban J connectivity index is 3.39. The molecule has 0 aromatic rings. The number of rotatable bonds is 0. The highest BCUT2D eigenvalue weighted by Crippen LogP contribution is 2.63. The molecule has 0 fully saturated rings. The highest BCUT2D eigenvalue weighted by atomic mass is 35.5. The normalized spacial score (nSPS) is 36.9. The molecule has 13 heavy (non-hydrogen) atoms. The number of alkyl halides is 6. The highest BCUT2D eigenvalue weighted by Gasteiger charge is 2.77. The van der Waals surface area contributed by atoms with Crippen LogP contribution in [0.1, 0.15) is 0 Å². The van der Waals surface area contributed by atoms with Crippen LogP contribution in [-0.2, 0) is 0 Å². The topological polar surface area (TPSA) is 0 Å². The first-order chi connectivity index (χ1) is 5.57. The van der Waals surface area contributed by atoms with E-state index in [1.165, 1.54) is 0 Å². The first kappa shape index (κ1) is 11.3. The van der Waals surface area contributed by atoms with Crippen LogP contribution in [0, 0.1) is 0 Å². The molecule has 0 amide bonds. The molecule has 0 spiro atoms. The van der Waals surface area contributed by atoms with E-state index in [1.807, 2.05) is 0 Å². The van der Waals surface area contributed by atoms with Crippen LogP contribution < -0.4 is 0 Å². The molecule has 8 heteroatoms. The second-order valence-electron chi connectivity index (χ2n) is 2.35. The molecule has 0 radical (unpaired) electrons. The van der Waals surface area contributed by atoms with Crippen molar-refractivity contribution in [3.63, 3.8) is 0 Å². The van der Waals surface area contributed by atoms with Gasteiger partial charge >= 0.3 is 5.92 Å². The molecule has 76 valence electrons. The quantitative estimate of drug-likeness (QED) is 0.459. The molecule has 1 aliphatic rings. The summed E-state index contributed by atoms with van der Waals surface area (Å²) in [7, 11) is 0. The van der Waals surface area contributed by atoms with Gasteiger partial charge in [0.2, 0.25) is 10.2 Å². The average Bonchev–Trinajstić information content (AvgIpc) is 2.05. The summed E-state index contributed by atoms with van der Waals surface area (Å²) in [5, 5.41) is -4.22. The molecule has 0 saturated carbocycles. The minimum Gasteiger partial charge on any atom is -0.215 e. The predicted octanol–water partition coefficient (Wildman–Crippen LogP) is 3.86. The van der Waals surface area contributed by atoms with Crippen molar-refractivity contribution >= 4 is 34.8 Å². The van der Waals surface area contributed by atoms with Crippen LogP contribution in [0.15, 0.2) is 11.7 Å². The molecule has 0 aromatic carbocycles. The standard InChI is InChI=1S/C5Cl3F5/c6-3(7)1(9)2(10)4(11,12)5(3,8)13. The molecular formula is C5Cl3F5. The Morgan fingerprint density at radius 2 is 1.23 bits per heavy atom. The number of halogens is 8. The van der Waals surface area contributed by atoms with Crippen LogP contribution in [0.2, 0.25) is 0 Å². The fraction of sp³-hybridized carbons (Fsp3) is 0.600. The van der Waals surface area contributed by atoms with E-state index in [9.17, 15) is 22.0 Å². The summed E-state index contributed by atoms with van der Waals surface area (Å²) in [6.45, 7) is 0. The molecule has 0 N–H and O–H groups in total. The van der Waals surface area contributed by atoms with E-state index in [1.54, 1.807) is 0 Å². The summed E-state index contributed by atoms with van der Waals surface area (Å²) in [5.74, 6) is -9.87. The van der Waals surface area contributed by atoms with E-state index < -0.39 is 27.0 Å². The Hall–Kier alpha value is 0.260. The molecule has 0 aromatic heterocycles. The van der Waals surface area contributed by atoms with Gasteiger partial charge in [-0.05, 0) is 0 Å². The molecule has 1 atom stereocenters. The van der Waals surface area contributed by atoms with Crippen molar-refractivity contribution in [2.75, 3.05) is 0 Å². The van der Waals surface area contributed by atoms with Crippen molar-refractivity contribution in [1.29, 1.82) is 0 Å². The van der Waals surface area contributed by atoms with Gasteiger partial charge in [0, 0.05) is 0 Å². The molecular weight excluding hydrogens is 261 g/mol. The second kappa shape index (κ2) is 2.64. The Kier molecular flexibility index (Phi) is 2.30. The van der Waals surface area contributed by atoms with Crippen LogP contribution in [-0.4, -0.2) is 15.4 Å². The Morgan fingerprint density at radius 3 is 1.31 bits per heavy atom. The molecule has 0 aliphatic heterocycles. The number of hydrogen-bond acceptors (Lipinski definition) is 0. The fourth-order valence-electron chi connectivity index (χ4n) is 0.749. The minimum atomic E-state index is -4.87. The molecule has 1 unspecified atom stereocenters. The first-order valence-electron chi connectivity index (χ1n) is 2.76. The molecule has 0 heterocycles. The predicted molar refractivity (Wildman–Crippen MR) is 38.3 cm³/mol. The molecule has 1 rings (SSSR count). The lowest BCUT2D eigenvalue weighted by Gasteiger charge is -2.26. The van der Waals surface area contributed by atoms with Crippen molar-refractivity contribution < 1.29 is 22.0 Å². The van der Waals surface area contributed by atoms with Gasteiger partial charge < -0.3 is 0 Å².